The molecule has 5 heteroatoms. The molecule has 3 N–H and O–H groups in total. The second-order valence-electron chi connectivity index (χ2n) is 4.60. The van der Waals surface area contributed by atoms with Crippen molar-refractivity contribution < 1.29 is 9.59 Å². The van der Waals surface area contributed by atoms with Gasteiger partial charge in [0.25, 0.3) is 0 Å². The van der Waals surface area contributed by atoms with Crippen molar-refractivity contribution in [2.24, 2.45) is 0 Å². The lowest BCUT2D eigenvalue weighted by Crippen LogP contribution is -2.40. The Labute approximate surface area is 112 Å². The van der Waals surface area contributed by atoms with E-state index in [1.807, 2.05) is 18.2 Å². The van der Waals surface area contributed by atoms with Crippen molar-refractivity contribution in [3.8, 4) is 0 Å². The number of carbonyl (C=O) groups is 2. The van der Waals surface area contributed by atoms with Crippen molar-refractivity contribution in [1.82, 2.24) is 10.9 Å². The van der Waals surface area contributed by atoms with Crippen LogP contribution in [0.1, 0.15) is 31.4 Å². The zero-order valence-electron chi connectivity index (χ0n) is 11.2. The van der Waals surface area contributed by atoms with E-state index in [9.17, 15) is 9.59 Å². The van der Waals surface area contributed by atoms with Crippen LogP contribution in [0.25, 0.3) is 0 Å². The standard InChI is InChI=1S/C14H19N3O2/c1-3-9-6-5-7-10(4-2)13(9)15-14(19)11-8-12(18)17-16-11/h5-7,11,16H,3-4,8H2,1-2H3,(H,15,19)(H,17,18). The van der Waals surface area contributed by atoms with Crippen molar-refractivity contribution in [2.45, 2.75) is 39.2 Å². The number of hydrogen-bond acceptors (Lipinski definition) is 3. The van der Waals surface area contributed by atoms with Crippen LogP contribution < -0.4 is 16.2 Å². The largest absolute Gasteiger partial charge is 0.324 e. The van der Waals surface area contributed by atoms with Gasteiger partial charge in [0, 0.05) is 5.69 Å². The first-order valence-electron chi connectivity index (χ1n) is 6.61. The third-order valence-corrected chi connectivity index (χ3v) is 3.34. The van der Waals surface area contributed by atoms with E-state index in [0.29, 0.717) is 0 Å². The summed E-state index contributed by atoms with van der Waals surface area (Å²) in [5.74, 6) is -0.325. The summed E-state index contributed by atoms with van der Waals surface area (Å²) >= 11 is 0. The van der Waals surface area contributed by atoms with Crippen molar-refractivity contribution >= 4 is 17.5 Å². The molecule has 0 aromatic heterocycles. The number of nitrogens with one attached hydrogen (secondary N) is 3. The van der Waals surface area contributed by atoms with E-state index in [0.717, 1.165) is 29.7 Å². The lowest BCUT2D eigenvalue weighted by molar-refractivity contribution is -0.121. The molecule has 1 aliphatic rings. The fraction of sp³-hybridized carbons (Fsp3) is 0.429. The van der Waals surface area contributed by atoms with Crippen LogP contribution in [0, 0.1) is 0 Å². The number of para-hydroxylation sites is 1. The topological polar surface area (TPSA) is 70.2 Å². The minimum absolute atomic E-state index is 0.153. The molecule has 2 amide bonds. The van der Waals surface area contributed by atoms with Gasteiger partial charge >= 0.3 is 0 Å². The Morgan fingerprint density at radius 2 is 1.95 bits per heavy atom. The van der Waals surface area contributed by atoms with E-state index < -0.39 is 6.04 Å². The number of hydrogen-bond donors (Lipinski definition) is 3. The first kappa shape index (κ1) is 13.5. The van der Waals surface area contributed by atoms with Crippen molar-refractivity contribution in [2.75, 3.05) is 5.32 Å². The summed E-state index contributed by atoms with van der Waals surface area (Å²) in [4.78, 5) is 23.2. The normalized spacial score (nSPS) is 18.2. The van der Waals surface area contributed by atoms with Crippen LogP contribution in [0.5, 0.6) is 0 Å². The van der Waals surface area contributed by atoms with E-state index in [-0.39, 0.29) is 18.2 Å². The molecule has 1 fully saturated rings. The molecule has 1 aromatic rings. The molecular weight excluding hydrogens is 242 g/mol. The van der Waals surface area contributed by atoms with Crippen LogP contribution >= 0.6 is 0 Å². The number of hydrazine groups is 1. The van der Waals surface area contributed by atoms with Crippen molar-refractivity contribution in [1.29, 1.82) is 0 Å². The van der Waals surface area contributed by atoms with E-state index >= 15 is 0 Å². The van der Waals surface area contributed by atoms with Gasteiger partial charge in [-0.2, -0.15) is 0 Å². The van der Waals surface area contributed by atoms with Gasteiger partial charge in [-0.3, -0.25) is 15.0 Å². The third kappa shape index (κ3) is 2.93. The highest BCUT2D eigenvalue weighted by atomic mass is 16.2. The average Bonchev–Trinajstić information content (AvgIpc) is 2.85. The molecule has 1 unspecified atom stereocenters. The number of carbonyl (C=O) groups excluding carboxylic acids is 2. The molecule has 5 nitrogen and oxygen atoms in total. The highest BCUT2D eigenvalue weighted by Gasteiger charge is 2.28. The molecule has 1 heterocycles. The Hall–Kier alpha value is -1.88. The van der Waals surface area contributed by atoms with Crippen LogP contribution in [0.3, 0.4) is 0 Å². The number of anilines is 1. The zero-order valence-corrected chi connectivity index (χ0v) is 11.2. The summed E-state index contributed by atoms with van der Waals surface area (Å²) in [5.41, 5.74) is 8.25. The Balaban J connectivity index is 2.18. The number of aryl methyl sites for hydroxylation is 2. The predicted molar refractivity (Wildman–Crippen MR) is 73.5 cm³/mol. The number of benzene rings is 1. The Bertz CT molecular complexity index is 477. The summed E-state index contributed by atoms with van der Waals surface area (Å²) in [6.45, 7) is 4.12. The fourth-order valence-corrected chi connectivity index (χ4v) is 2.23. The highest BCUT2D eigenvalue weighted by molar-refractivity contribution is 6.00. The third-order valence-electron chi connectivity index (χ3n) is 3.34. The quantitative estimate of drug-likeness (QED) is 0.761. The van der Waals surface area contributed by atoms with Crippen LogP contribution in [-0.2, 0) is 22.4 Å². The van der Waals surface area contributed by atoms with Gasteiger partial charge in [-0.1, -0.05) is 32.0 Å². The van der Waals surface area contributed by atoms with Gasteiger partial charge in [0.15, 0.2) is 0 Å². The predicted octanol–water partition coefficient (Wildman–Crippen LogP) is 1.14. The molecule has 102 valence electrons. The van der Waals surface area contributed by atoms with E-state index in [2.05, 4.69) is 30.0 Å². The maximum absolute atomic E-state index is 12.1. The molecule has 1 saturated heterocycles. The van der Waals surface area contributed by atoms with Gasteiger partial charge in [-0.05, 0) is 24.0 Å². The molecule has 0 bridgehead atoms. The summed E-state index contributed by atoms with van der Waals surface area (Å²) < 4.78 is 0. The van der Waals surface area contributed by atoms with E-state index in [4.69, 9.17) is 0 Å². The summed E-state index contributed by atoms with van der Waals surface area (Å²) in [7, 11) is 0. The van der Waals surface area contributed by atoms with Gasteiger partial charge < -0.3 is 5.32 Å². The molecule has 1 aliphatic heterocycles. The molecule has 0 saturated carbocycles. The molecular formula is C14H19N3O2. The van der Waals surface area contributed by atoms with Crippen LogP contribution in [-0.4, -0.2) is 17.9 Å². The molecule has 1 aromatic carbocycles. The second-order valence-corrected chi connectivity index (χ2v) is 4.60. The SMILES string of the molecule is CCc1cccc(CC)c1NC(=O)C1CC(=O)NN1. The summed E-state index contributed by atoms with van der Waals surface area (Å²) in [6, 6.07) is 5.54. The van der Waals surface area contributed by atoms with E-state index in [1.54, 1.807) is 0 Å². The van der Waals surface area contributed by atoms with Crippen LogP contribution in [0.2, 0.25) is 0 Å². The lowest BCUT2D eigenvalue weighted by atomic mass is 10.0. The number of rotatable bonds is 4. The molecule has 2 rings (SSSR count). The zero-order chi connectivity index (χ0) is 13.8. The van der Waals surface area contributed by atoms with Crippen LogP contribution in [0.4, 0.5) is 5.69 Å². The Kier molecular flexibility index (Phi) is 4.16. The summed E-state index contributed by atoms with van der Waals surface area (Å²) in [5, 5.41) is 2.95. The first-order chi connectivity index (χ1) is 9.15. The van der Waals surface area contributed by atoms with Gasteiger partial charge in [-0.15, -0.1) is 0 Å². The minimum Gasteiger partial charge on any atom is -0.324 e. The second kappa shape index (κ2) is 5.84. The van der Waals surface area contributed by atoms with Crippen molar-refractivity contribution in [3.63, 3.8) is 0 Å². The Morgan fingerprint density at radius 3 is 2.42 bits per heavy atom. The Morgan fingerprint density at radius 1 is 1.32 bits per heavy atom. The van der Waals surface area contributed by atoms with Gasteiger partial charge in [0.1, 0.15) is 6.04 Å². The average molecular weight is 261 g/mol. The molecule has 19 heavy (non-hydrogen) atoms. The van der Waals surface area contributed by atoms with Gasteiger partial charge in [0.05, 0.1) is 6.42 Å². The fourth-order valence-electron chi connectivity index (χ4n) is 2.23. The molecule has 0 spiro atoms. The smallest absolute Gasteiger partial charge is 0.243 e. The highest BCUT2D eigenvalue weighted by Crippen LogP contribution is 2.23. The molecule has 0 aliphatic carbocycles. The van der Waals surface area contributed by atoms with Gasteiger partial charge in [-0.25, -0.2) is 5.43 Å². The van der Waals surface area contributed by atoms with Crippen LogP contribution in [0.15, 0.2) is 18.2 Å². The van der Waals surface area contributed by atoms with Crippen molar-refractivity contribution in [3.05, 3.63) is 29.3 Å². The summed E-state index contributed by atoms with van der Waals surface area (Å²) in [6.07, 6.45) is 1.90. The maximum atomic E-state index is 12.1. The van der Waals surface area contributed by atoms with Gasteiger partial charge in [0.2, 0.25) is 11.8 Å². The van der Waals surface area contributed by atoms with E-state index in [1.165, 1.54) is 0 Å². The monoisotopic (exact) mass is 261 g/mol. The maximum Gasteiger partial charge on any atom is 0.243 e. The first-order valence-corrected chi connectivity index (χ1v) is 6.61. The molecule has 0 radical (unpaired) electrons. The molecule has 1 atom stereocenters. The minimum atomic E-state index is -0.498. The number of amides is 2. The lowest BCUT2D eigenvalue weighted by Gasteiger charge is -2.16.